The third kappa shape index (κ3) is 3.86. The van der Waals surface area contributed by atoms with E-state index in [1.165, 1.54) is 31.0 Å². The number of hydrogen-bond donors (Lipinski definition) is 1. The molecule has 0 aliphatic carbocycles. The highest BCUT2D eigenvalue weighted by molar-refractivity contribution is 7.99. The van der Waals surface area contributed by atoms with Gasteiger partial charge >= 0.3 is 0 Å². The maximum absolute atomic E-state index is 12.0. The average molecular weight is 315 g/mol. The standard InChI is InChI=1S/C13H15ClN2O3S/c14-11-5-4-9(7-12(11)16(18)19)13(17)15-8-10-3-1-2-6-20-10/h4-5,7,10H,1-3,6,8H2,(H,15,17). The van der Waals surface area contributed by atoms with E-state index in [2.05, 4.69) is 5.32 Å². The van der Waals surface area contributed by atoms with Crippen LogP contribution in [0.4, 0.5) is 5.69 Å². The van der Waals surface area contributed by atoms with Crippen LogP contribution in [0.3, 0.4) is 0 Å². The van der Waals surface area contributed by atoms with E-state index >= 15 is 0 Å². The summed E-state index contributed by atoms with van der Waals surface area (Å²) < 4.78 is 0. The van der Waals surface area contributed by atoms with E-state index < -0.39 is 4.92 Å². The fraction of sp³-hybridized carbons (Fsp3) is 0.462. The summed E-state index contributed by atoms with van der Waals surface area (Å²) in [5.74, 6) is 0.836. The van der Waals surface area contributed by atoms with E-state index in [1.807, 2.05) is 11.8 Å². The average Bonchev–Trinajstić information content (AvgIpc) is 2.46. The van der Waals surface area contributed by atoms with Gasteiger partial charge in [0.1, 0.15) is 5.02 Å². The maximum atomic E-state index is 12.0. The van der Waals surface area contributed by atoms with Crippen molar-refractivity contribution in [1.82, 2.24) is 5.32 Å². The van der Waals surface area contributed by atoms with Crippen molar-refractivity contribution in [2.45, 2.75) is 24.5 Å². The van der Waals surface area contributed by atoms with Crippen LogP contribution in [0.5, 0.6) is 0 Å². The molecule has 1 unspecified atom stereocenters. The molecule has 5 nitrogen and oxygen atoms in total. The molecule has 0 bridgehead atoms. The Morgan fingerprint density at radius 2 is 2.30 bits per heavy atom. The van der Waals surface area contributed by atoms with Gasteiger partial charge in [-0.05, 0) is 30.7 Å². The van der Waals surface area contributed by atoms with Crippen molar-refractivity contribution in [3.05, 3.63) is 38.9 Å². The highest BCUT2D eigenvalue weighted by atomic mass is 35.5. The smallest absolute Gasteiger partial charge is 0.288 e. The van der Waals surface area contributed by atoms with E-state index in [4.69, 9.17) is 11.6 Å². The first-order valence-corrected chi connectivity index (χ1v) is 7.84. The van der Waals surface area contributed by atoms with Crippen LogP contribution in [-0.2, 0) is 0 Å². The molecule has 0 spiro atoms. The van der Waals surface area contributed by atoms with Gasteiger partial charge in [-0.1, -0.05) is 18.0 Å². The number of nitrogens with one attached hydrogen (secondary N) is 1. The second kappa shape index (κ2) is 6.95. The van der Waals surface area contributed by atoms with Crippen LogP contribution in [0.25, 0.3) is 0 Å². The molecule has 1 saturated heterocycles. The van der Waals surface area contributed by atoms with E-state index in [9.17, 15) is 14.9 Å². The predicted molar refractivity (Wildman–Crippen MR) is 80.5 cm³/mol. The van der Waals surface area contributed by atoms with Crippen LogP contribution in [0, 0.1) is 10.1 Å². The third-order valence-corrected chi connectivity index (χ3v) is 4.89. The largest absolute Gasteiger partial charge is 0.351 e. The molecule has 0 aromatic heterocycles. The quantitative estimate of drug-likeness (QED) is 0.684. The fourth-order valence-electron chi connectivity index (χ4n) is 2.07. The minimum Gasteiger partial charge on any atom is -0.351 e. The number of amides is 1. The van der Waals surface area contributed by atoms with Crippen LogP contribution < -0.4 is 5.32 Å². The Balaban J connectivity index is 1.98. The lowest BCUT2D eigenvalue weighted by atomic mass is 10.1. The molecule has 1 aliphatic rings. The number of halogens is 1. The normalized spacial score (nSPS) is 18.6. The summed E-state index contributed by atoms with van der Waals surface area (Å²) in [6.45, 7) is 0.597. The van der Waals surface area contributed by atoms with Gasteiger partial charge in [0, 0.05) is 23.4 Å². The summed E-state index contributed by atoms with van der Waals surface area (Å²) in [6, 6.07) is 4.09. The Bertz CT molecular complexity index is 518. The van der Waals surface area contributed by atoms with Crippen LogP contribution in [0.15, 0.2) is 18.2 Å². The van der Waals surface area contributed by atoms with Crippen molar-refractivity contribution in [3.8, 4) is 0 Å². The van der Waals surface area contributed by atoms with Gasteiger partial charge in [0.2, 0.25) is 0 Å². The Kier molecular flexibility index (Phi) is 5.25. The molecule has 1 heterocycles. The Labute approximate surface area is 126 Å². The zero-order valence-corrected chi connectivity index (χ0v) is 12.4. The van der Waals surface area contributed by atoms with Gasteiger partial charge in [0.25, 0.3) is 11.6 Å². The first-order valence-electron chi connectivity index (χ1n) is 6.41. The summed E-state index contributed by atoms with van der Waals surface area (Å²) in [7, 11) is 0. The second-order valence-corrected chi connectivity index (χ2v) is 6.44. The number of rotatable bonds is 4. The van der Waals surface area contributed by atoms with Gasteiger partial charge < -0.3 is 5.32 Å². The number of carbonyl (C=O) groups is 1. The van der Waals surface area contributed by atoms with Crippen molar-refractivity contribution >= 4 is 35.0 Å². The molecule has 20 heavy (non-hydrogen) atoms. The number of nitro benzene ring substituents is 1. The fourth-order valence-corrected chi connectivity index (χ4v) is 3.50. The van der Waals surface area contributed by atoms with Crippen LogP contribution in [0.1, 0.15) is 29.6 Å². The SMILES string of the molecule is O=C(NCC1CCCCS1)c1ccc(Cl)c([N+](=O)[O-])c1. The van der Waals surface area contributed by atoms with Crippen LogP contribution in [-0.4, -0.2) is 28.4 Å². The summed E-state index contributed by atoms with van der Waals surface area (Å²) in [6.07, 6.45) is 3.53. The van der Waals surface area contributed by atoms with Gasteiger partial charge in [-0.3, -0.25) is 14.9 Å². The van der Waals surface area contributed by atoms with Crippen LogP contribution in [0.2, 0.25) is 5.02 Å². The summed E-state index contributed by atoms with van der Waals surface area (Å²) in [5.41, 5.74) is 0.0215. The van der Waals surface area contributed by atoms with Gasteiger partial charge in [0.05, 0.1) is 4.92 Å². The molecule has 1 aliphatic heterocycles. The molecule has 1 N–H and O–H groups in total. The van der Waals surface area contributed by atoms with E-state index in [-0.39, 0.29) is 22.2 Å². The van der Waals surface area contributed by atoms with Crippen molar-refractivity contribution in [2.75, 3.05) is 12.3 Å². The zero-order chi connectivity index (χ0) is 14.5. The molecule has 0 saturated carbocycles. The number of nitrogens with zero attached hydrogens (tertiary/aromatic N) is 1. The lowest BCUT2D eigenvalue weighted by Crippen LogP contribution is -2.31. The second-order valence-electron chi connectivity index (χ2n) is 4.62. The minimum atomic E-state index is -0.587. The molecular formula is C13H15ClN2O3S. The molecule has 1 amide bonds. The molecular weight excluding hydrogens is 300 g/mol. The third-order valence-electron chi connectivity index (χ3n) is 3.17. The van der Waals surface area contributed by atoms with E-state index in [0.29, 0.717) is 11.8 Å². The van der Waals surface area contributed by atoms with Crippen molar-refractivity contribution in [2.24, 2.45) is 0 Å². The Hall–Kier alpha value is -1.27. The molecule has 108 valence electrons. The van der Waals surface area contributed by atoms with Crippen LogP contribution >= 0.6 is 23.4 Å². The molecule has 1 fully saturated rings. The molecule has 2 rings (SSSR count). The number of benzene rings is 1. The highest BCUT2D eigenvalue weighted by Gasteiger charge is 2.18. The Morgan fingerprint density at radius 1 is 1.50 bits per heavy atom. The molecule has 7 heteroatoms. The maximum Gasteiger partial charge on any atom is 0.288 e. The number of thioether (sulfide) groups is 1. The topological polar surface area (TPSA) is 72.2 Å². The van der Waals surface area contributed by atoms with E-state index in [0.717, 1.165) is 12.2 Å². The van der Waals surface area contributed by atoms with Crippen molar-refractivity contribution < 1.29 is 9.72 Å². The number of carbonyl (C=O) groups excluding carboxylic acids is 1. The van der Waals surface area contributed by atoms with Gasteiger partial charge in [0.15, 0.2) is 0 Å². The first kappa shape index (κ1) is 15.1. The molecule has 1 atom stereocenters. The lowest BCUT2D eigenvalue weighted by molar-refractivity contribution is -0.384. The lowest BCUT2D eigenvalue weighted by Gasteiger charge is -2.21. The predicted octanol–water partition coefficient (Wildman–Crippen LogP) is 3.26. The summed E-state index contributed by atoms with van der Waals surface area (Å²) >= 11 is 7.58. The highest BCUT2D eigenvalue weighted by Crippen LogP contribution is 2.26. The zero-order valence-electron chi connectivity index (χ0n) is 10.8. The van der Waals surface area contributed by atoms with Gasteiger partial charge in [-0.25, -0.2) is 0 Å². The van der Waals surface area contributed by atoms with E-state index in [1.54, 1.807) is 0 Å². The number of nitro groups is 1. The number of hydrogen-bond acceptors (Lipinski definition) is 4. The minimum absolute atomic E-state index is 0.0365. The van der Waals surface area contributed by atoms with Crippen molar-refractivity contribution in [3.63, 3.8) is 0 Å². The monoisotopic (exact) mass is 314 g/mol. The van der Waals surface area contributed by atoms with Crippen molar-refractivity contribution in [1.29, 1.82) is 0 Å². The summed E-state index contributed by atoms with van der Waals surface area (Å²) in [5, 5.41) is 14.1. The molecule has 0 radical (unpaired) electrons. The Morgan fingerprint density at radius 3 is 2.95 bits per heavy atom. The first-order chi connectivity index (χ1) is 9.58. The van der Waals surface area contributed by atoms with Gasteiger partial charge in [-0.2, -0.15) is 11.8 Å². The summed E-state index contributed by atoms with van der Waals surface area (Å²) in [4.78, 5) is 22.2. The molecule has 1 aromatic carbocycles. The molecule has 1 aromatic rings. The van der Waals surface area contributed by atoms with Gasteiger partial charge in [-0.15, -0.1) is 0 Å².